The fourth-order valence-electron chi connectivity index (χ4n) is 0.587. The Morgan fingerprint density at radius 3 is 1.89 bits per heavy atom. The molecule has 3 heteroatoms. The molecule has 0 fully saturated rings. The molecule has 0 bridgehead atoms. The van der Waals surface area contributed by atoms with Crippen molar-refractivity contribution in [3.8, 4) is 0 Å². The molecule has 0 aromatic heterocycles. The third-order valence-corrected chi connectivity index (χ3v) is 1.41. The molecule has 0 N–H and O–H groups in total. The number of hydrogen-bond acceptors (Lipinski definition) is 2. The summed E-state index contributed by atoms with van der Waals surface area (Å²) >= 11 is 0. The third kappa shape index (κ3) is 4.63. The minimum atomic E-state index is 0.0262. The highest BCUT2D eigenvalue weighted by atomic mass is 28.1. The maximum Gasteiger partial charge on any atom is 0.154 e. The van der Waals surface area contributed by atoms with Crippen molar-refractivity contribution in [3.63, 3.8) is 0 Å². The summed E-state index contributed by atoms with van der Waals surface area (Å²) in [7, 11) is 1.87. The monoisotopic (exact) mass is 147 g/mol. The first-order valence-electron chi connectivity index (χ1n) is 3.37. The van der Waals surface area contributed by atoms with Crippen LogP contribution in [0.5, 0.6) is 0 Å². The van der Waals surface area contributed by atoms with Gasteiger partial charge in [-0.15, -0.1) is 0 Å². The highest BCUT2D eigenvalue weighted by molar-refractivity contribution is 6.08. The van der Waals surface area contributed by atoms with Gasteiger partial charge in [0.05, 0.1) is 0 Å². The molecular formula is C6H15O2Si. The Morgan fingerprint density at radius 2 is 1.67 bits per heavy atom. The molecular weight excluding hydrogens is 132 g/mol. The number of hydrogen-bond donors (Lipinski definition) is 0. The summed E-state index contributed by atoms with van der Waals surface area (Å²) < 4.78 is 10.4. The Balaban J connectivity index is 3.18. The van der Waals surface area contributed by atoms with Crippen molar-refractivity contribution in [1.29, 1.82) is 0 Å². The van der Waals surface area contributed by atoms with Gasteiger partial charge in [-0.05, 0) is 19.9 Å². The van der Waals surface area contributed by atoms with Crippen LogP contribution in [0, 0.1) is 0 Å². The lowest BCUT2D eigenvalue weighted by atomic mass is 10.7. The molecule has 1 radical (unpaired) electrons. The summed E-state index contributed by atoms with van der Waals surface area (Å²) in [6.45, 7) is 5.43. The van der Waals surface area contributed by atoms with Gasteiger partial charge in [0.1, 0.15) is 0 Å². The van der Waals surface area contributed by atoms with Crippen LogP contribution in [0.2, 0.25) is 6.04 Å². The molecule has 0 heterocycles. The van der Waals surface area contributed by atoms with Crippen molar-refractivity contribution in [2.75, 3.05) is 13.2 Å². The predicted molar refractivity (Wildman–Crippen MR) is 40.4 cm³/mol. The van der Waals surface area contributed by atoms with Crippen molar-refractivity contribution in [2.24, 2.45) is 0 Å². The smallest absolute Gasteiger partial charge is 0.154 e. The van der Waals surface area contributed by atoms with Crippen LogP contribution >= 0.6 is 0 Å². The summed E-state index contributed by atoms with van der Waals surface area (Å²) in [5.74, 6) is 0. The highest BCUT2D eigenvalue weighted by Gasteiger charge is 2.01. The van der Waals surface area contributed by atoms with Gasteiger partial charge in [0, 0.05) is 23.5 Å². The average Bonchev–Trinajstić information content (AvgIpc) is 1.88. The van der Waals surface area contributed by atoms with Crippen molar-refractivity contribution in [1.82, 2.24) is 0 Å². The van der Waals surface area contributed by atoms with E-state index in [1.54, 1.807) is 0 Å². The Labute approximate surface area is 60.0 Å². The van der Waals surface area contributed by atoms with E-state index in [0.29, 0.717) is 0 Å². The van der Waals surface area contributed by atoms with E-state index in [0.717, 1.165) is 19.3 Å². The molecule has 0 amide bonds. The molecule has 0 atom stereocenters. The quantitative estimate of drug-likeness (QED) is 0.415. The van der Waals surface area contributed by atoms with Gasteiger partial charge in [-0.2, -0.15) is 0 Å². The molecule has 0 aromatic rings. The second kappa shape index (κ2) is 6.26. The first kappa shape index (κ1) is 9.14. The Kier molecular flexibility index (Phi) is 6.35. The van der Waals surface area contributed by atoms with Gasteiger partial charge < -0.3 is 9.47 Å². The fourth-order valence-corrected chi connectivity index (χ4v) is 0.920. The molecule has 2 nitrogen and oxygen atoms in total. The molecule has 0 spiro atoms. The topological polar surface area (TPSA) is 18.5 Å². The van der Waals surface area contributed by atoms with E-state index < -0.39 is 0 Å². The minimum Gasteiger partial charge on any atom is -0.353 e. The van der Waals surface area contributed by atoms with Gasteiger partial charge >= 0.3 is 0 Å². The zero-order chi connectivity index (χ0) is 7.11. The lowest BCUT2D eigenvalue weighted by molar-refractivity contribution is -0.122. The highest BCUT2D eigenvalue weighted by Crippen LogP contribution is 1.97. The Bertz CT molecular complexity index is 53.0. The lowest BCUT2D eigenvalue weighted by Crippen LogP contribution is -2.16. The van der Waals surface area contributed by atoms with Crippen LogP contribution in [0.15, 0.2) is 0 Å². The first-order chi connectivity index (χ1) is 4.35. The third-order valence-electron chi connectivity index (χ3n) is 0.941. The molecule has 0 aliphatic heterocycles. The predicted octanol–water partition coefficient (Wildman–Crippen LogP) is 0.437. The number of rotatable bonds is 5. The normalized spacial score (nSPS) is 10.7. The van der Waals surface area contributed by atoms with Gasteiger partial charge in [-0.25, -0.2) is 0 Å². The standard InChI is InChI=1S/C6H15O2Si/c1-3-7-6(5-9)8-4-2/h6H,3-5,9H2,1-2H3. The molecule has 9 heavy (non-hydrogen) atoms. The van der Waals surface area contributed by atoms with Crippen molar-refractivity contribution >= 4 is 10.2 Å². The molecule has 0 aromatic carbocycles. The SMILES string of the molecule is CCOC(C[SiH2])OCC. The maximum atomic E-state index is 5.22. The van der Waals surface area contributed by atoms with Crippen LogP contribution in [-0.2, 0) is 9.47 Å². The maximum absolute atomic E-state index is 5.22. The van der Waals surface area contributed by atoms with E-state index >= 15 is 0 Å². The minimum absolute atomic E-state index is 0.0262. The molecule has 0 aliphatic rings. The molecule has 0 saturated heterocycles. The summed E-state index contributed by atoms with van der Waals surface area (Å²) in [4.78, 5) is 0. The van der Waals surface area contributed by atoms with Crippen LogP contribution in [-0.4, -0.2) is 29.7 Å². The van der Waals surface area contributed by atoms with E-state index in [9.17, 15) is 0 Å². The zero-order valence-electron chi connectivity index (χ0n) is 6.22. The van der Waals surface area contributed by atoms with E-state index in [4.69, 9.17) is 9.47 Å². The molecule has 0 aliphatic carbocycles. The average molecular weight is 147 g/mol. The second-order valence-electron chi connectivity index (χ2n) is 1.63. The summed E-state index contributed by atoms with van der Waals surface area (Å²) in [5.41, 5.74) is 0. The fraction of sp³-hybridized carbons (Fsp3) is 1.00. The van der Waals surface area contributed by atoms with Crippen LogP contribution < -0.4 is 0 Å². The van der Waals surface area contributed by atoms with Gasteiger partial charge in [-0.3, -0.25) is 0 Å². The summed E-state index contributed by atoms with van der Waals surface area (Å²) in [5, 5.41) is 0. The summed E-state index contributed by atoms with van der Waals surface area (Å²) in [6.07, 6.45) is 0.0262. The van der Waals surface area contributed by atoms with Crippen LogP contribution in [0.3, 0.4) is 0 Å². The zero-order valence-corrected chi connectivity index (χ0v) is 7.64. The van der Waals surface area contributed by atoms with Gasteiger partial charge in [0.15, 0.2) is 6.29 Å². The summed E-state index contributed by atoms with van der Waals surface area (Å²) in [6, 6.07) is 0.960. The van der Waals surface area contributed by atoms with Gasteiger partial charge in [0.2, 0.25) is 0 Å². The van der Waals surface area contributed by atoms with Crippen LogP contribution in [0.4, 0.5) is 0 Å². The Morgan fingerprint density at radius 1 is 1.22 bits per heavy atom. The molecule has 55 valence electrons. The lowest BCUT2D eigenvalue weighted by Gasteiger charge is -2.13. The van der Waals surface area contributed by atoms with E-state index in [1.165, 1.54) is 0 Å². The second-order valence-corrected chi connectivity index (χ2v) is 2.21. The van der Waals surface area contributed by atoms with Crippen LogP contribution in [0.1, 0.15) is 13.8 Å². The molecule has 0 saturated carbocycles. The Hall–Kier alpha value is 0.137. The van der Waals surface area contributed by atoms with Gasteiger partial charge in [0.25, 0.3) is 0 Å². The van der Waals surface area contributed by atoms with Crippen molar-refractivity contribution < 1.29 is 9.47 Å². The van der Waals surface area contributed by atoms with E-state index in [-0.39, 0.29) is 6.29 Å². The first-order valence-corrected chi connectivity index (χ1v) is 4.37. The van der Waals surface area contributed by atoms with Gasteiger partial charge in [-0.1, -0.05) is 0 Å². The number of ether oxygens (including phenoxy) is 2. The van der Waals surface area contributed by atoms with E-state index in [2.05, 4.69) is 0 Å². The molecule has 0 unspecified atom stereocenters. The van der Waals surface area contributed by atoms with E-state index in [1.807, 2.05) is 24.1 Å². The largest absolute Gasteiger partial charge is 0.353 e. The van der Waals surface area contributed by atoms with Crippen molar-refractivity contribution in [3.05, 3.63) is 0 Å². The molecule has 0 rings (SSSR count). The van der Waals surface area contributed by atoms with Crippen molar-refractivity contribution in [2.45, 2.75) is 26.2 Å². The van der Waals surface area contributed by atoms with Crippen LogP contribution in [0.25, 0.3) is 0 Å².